The van der Waals surface area contributed by atoms with Gasteiger partial charge in [0.1, 0.15) is 11.6 Å². The van der Waals surface area contributed by atoms with E-state index in [0.29, 0.717) is 12.3 Å². The van der Waals surface area contributed by atoms with Crippen LogP contribution in [0.2, 0.25) is 0 Å². The molecule has 0 spiro atoms. The molecule has 1 heterocycles. The molecule has 1 aromatic heterocycles. The molecule has 0 fully saturated rings. The van der Waals surface area contributed by atoms with Gasteiger partial charge in [0.15, 0.2) is 0 Å². The summed E-state index contributed by atoms with van der Waals surface area (Å²) in [7, 11) is 3.43. The van der Waals surface area contributed by atoms with Gasteiger partial charge in [0, 0.05) is 30.8 Å². The Morgan fingerprint density at radius 2 is 2.16 bits per heavy atom. The van der Waals surface area contributed by atoms with E-state index in [4.69, 9.17) is 10.5 Å². The third-order valence-corrected chi connectivity index (χ3v) is 3.20. The first-order chi connectivity index (χ1) is 9.06. The van der Waals surface area contributed by atoms with Gasteiger partial charge in [0.2, 0.25) is 0 Å². The van der Waals surface area contributed by atoms with Crippen molar-refractivity contribution in [2.45, 2.75) is 12.8 Å². The van der Waals surface area contributed by atoms with Crippen molar-refractivity contribution in [1.82, 2.24) is 9.78 Å². The zero-order valence-corrected chi connectivity index (χ0v) is 11.4. The monoisotopic (exact) mass is 263 g/mol. The highest BCUT2D eigenvalue weighted by molar-refractivity contribution is 5.41. The zero-order chi connectivity index (χ0) is 14.0. The van der Waals surface area contributed by atoms with Gasteiger partial charge in [-0.2, -0.15) is 5.10 Å². The summed E-state index contributed by atoms with van der Waals surface area (Å²) in [6.07, 6.45) is 0. The van der Waals surface area contributed by atoms with Crippen LogP contribution in [0.3, 0.4) is 0 Å². The number of benzene rings is 1. The van der Waals surface area contributed by atoms with Crippen molar-refractivity contribution in [3.8, 4) is 5.75 Å². The Hall–Kier alpha value is -1.88. The van der Waals surface area contributed by atoms with Gasteiger partial charge in [0.05, 0.1) is 12.8 Å². The first-order valence-electron chi connectivity index (χ1n) is 6.11. The van der Waals surface area contributed by atoms with Gasteiger partial charge in [-0.15, -0.1) is 0 Å². The van der Waals surface area contributed by atoms with Gasteiger partial charge in [-0.05, 0) is 31.2 Å². The summed E-state index contributed by atoms with van der Waals surface area (Å²) < 4.78 is 20.6. The zero-order valence-electron chi connectivity index (χ0n) is 11.4. The highest BCUT2D eigenvalue weighted by Gasteiger charge is 2.21. The highest BCUT2D eigenvalue weighted by Crippen LogP contribution is 2.31. The number of rotatable bonds is 4. The van der Waals surface area contributed by atoms with E-state index < -0.39 is 0 Å². The van der Waals surface area contributed by atoms with Crippen molar-refractivity contribution in [2.24, 2.45) is 12.8 Å². The highest BCUT2D eigenvalue weighted by atomic mass is 19.1. The Bertz CT molecular complexity index is 580. The first-order valence-corrected chi connectivity index (χ1v) is 6.11. The fraction of sp³-hybridized carbons (Fsp3) is 0.357. The van der Waals surface area contributed by atoms with Crippen molar-refractivity contribution in [3.05, 3.63) is 47.0 Å². The Morgan fingerprint density at radius 1 is 1.42 bits per heavy atom. The van der Waals surface area contributed by atoms with Crippen LogP contribution in [0, 0.1) is 12.7 Å². The summed E-state index contributed by atoms with van der Waals surface area (Å²) >= 11 is 0. The molecule has 5 heteroatoms. The van der Waals surface area contributed by atoms with E-state index in [2.05, 4.69) is 5.10 Å². The maximum Gasteiger partial charge on any atom is 0.123 e. The van der Waals surface area contributed by atoms with Crippen LogP contribution in [0.15, 0.2) is 24.3 Å². The van der Waals surface area contributed by atoms with Crippen molar-refractivity contribution < 1.29 is 9.13 Å². The molecule has 1 aromatic carbocycles. The van der Waals surface area contributed by atoms with Gasteiger partial charge in [-0.25, -0.2) is 4.39 Å². The molecule has 19 heavy (non-hydrogen) atoms. The van der Waals surface area contributed by atoms with E-state index >= 15 is 0 Å². The maximum atomic E-state index is 13.5. The molecule has 102 valence electrons. The van der Waals surface area contributed by atoms with E-state index in [1.165, 1.54) is 12.1 Å². The summed E-state index contributed by atoms with van der Waals surface area (Å²) in [5.41, 5.74) is 8.47. The molecule has 0 aliphatic heterocycles. The molecule has 0 amide bonds. The second-order valence-corrected chi connectivity index (χ2v) is 4.51. The van der Waals surface area contributed by atoms with Gasteiger partial charge < -0.3 is 10.5 Å². The summed E-state index contributed by atoms with van der Waals surface area (Å²) in [5.74, 6) is 0.195. The number of methoxy groups -OCH3 is 1. The van der Waals surface area contributed by atoms with Gasteiger partial charge in [-0.1, -0.05) is 0 Å². The lowest BCUT2D eigenvalue weighted by Gasteiger charge is -2.18. The minimum Gasteiger partial charge on any atom is -0.496 e. The van der Waals surface area contributed by atoms with Crippen molar-refractivity contribution >= 4 is 0 Å². The quantitative estimate of drug-likeness (QED) is 0.917. The number of nitrogens with two attached hydrogens (primary N) is 1. The number of ether oxygens (including phenoxy) is 1. The minimum absolute atomic E-state index is 0.142. The van der Waals surface area contributed by atoms with Crippen molar-refractivity contribution in [2.75, 3.05) is 13.7 Å². The van der Waals surface area contributed by atoms with Crippen LogP contribution < -0.4 is 10.5 Å². The number of aryl methyl sites for hydroxylation is 2. The molecule has 2 aromatic rings. The predicted octanol–water partition coefficient (Wildman–Crippen LogP) is 1.97. The molecule has 0 aliphatic rings. The van der Waals surface area contributed by atoms with E-state index in [1.807, 2.05) is 20.0 Å². The normalized spacial score (nSPS) is 12.5. The molecule has 0 saturated carbocycles. The van der Waals surface area contributed by atoms with Gasteiger partial charge >= 0.3 is 0 Å². The second-order valence-electron chi connectivity index (χ2n) is 4.51. The molecule has 4 nitrogen and oxygen atoms in total. The lowest BCUT2D eigenvalue weighted by atomic mass is 9.94. The van der Waals surface area contributed by atoms with E-state index in [0.717, 1.165) is 17.0 Å². The third-order valence-electron chi connectivity index (χ3n) is 3.20. The number of hydrogen-bond donors (Lipinski definition) is 1. The average molecular weight is 263 g/mol. The molecular weight excluding hydrogens is 245 g/mol. The smallest absolute Gasteiger partial charge is 0.123 e. The fourth-order valence-electron chi connectivity index (χ4n) is 2.34. The number of nitrogens with zero attached hydrogens (tertiary/aromatic N) is 2. The van der Waals surface area contributed by atoms with E-state index in [-0.39, 0.29) is 11.7 Å². The number of aromatic nitrogens is 2. The average Bonchev–Trinajstić information content (AvgIpc) is 2.70. The standard InChI is InChI=1S/C14H18FN3O/c1-9-6-13(18(2)17-9)12(8-16)11-7-10(15)4-5-14(11)19-3/h4-7,12H,8,16H2,1-3H3. The summed E-state index contributed by atoms with van der Waals surface area (Å²) in [5, 5.41) is 4.31. The molecule has 0 aliphatic carbocycles. The molecule has 1 atom stereocenters. The van der Waals surface area contributed by atoms with Crippen LogP contribution in [0.5, 0.6) is 5.75 Å². The van der Waals surface area contributed by atoms with Crippen LogP contribution in [-0.4, -0.2) is 23.4 Å². The molecule has 0 radical (unpaired) electrons. The van der Waals surface area contributed by atoms with Crippen LogP contribution in [0.1, 0.15) is 22.9 Å². The minimum atomic E-state index is -0.298. The molecule has 0 saturated heterocycles. The topological polar surface area (TPSA) is 53.1 Å². The maximum absolute atomic E-state index is 13.5. The summed E-state index contributed by atoms with van der Waals surface area (Å²) in [4.78, 5) is 0. The lowest BCUT2D eigenvalue weighted by Crippen LogP contribution is -2.18. The molecule has 2 rings (SSSR count). The summed E-state index contributed by atoms with van der Waals surface area (Å²) in [6, 6.07) is 6.43. The third kappa shape index (κ3) is 2.61. The molecule has 2 N–H and O–H groups in total. The summed E-state index contributed by atoms with van der Waals surface area (Å²) in [6.45, 7) is 2.28. The molecular formula is C14H18FN3O. The number of halogens is 1. The van der Waals surface area contributed by atoms with Crippen LogP contribution >= 0.6 is 0 Å². The Labute approximate surface area is 112 Å². The fourth-order valence-corrected chi connectivity index (χ4v) is 2.34. The largest absolute Gasteiger partial charge is 0.496 e. The van der Waals surface area contributed by atoms with E-state index in [9.17, 15) is 4.39 Å². The van der Waals surface area contributed by atoms with Gasteiger partial charge in [0.25, 0.3) is 0 Å². The lowest BCUT2D eigenvalue weighted by molar-refractivity contribution is 0.405. The van der Waals surface area contributed by atoms with Crippen LogP contribution in [0.4, 0.5) is 4.39 Å². The number of hydrogen-bond acceptors (Lipinski definition) is 3. The first kappa shape index (κ1) is 13.5. The SMILES string of the molecule is COc1ccc(F)cc1C(CN)c1cc(C)nn1C. The van der Waals surface area contributed by atoms with Crippen molar-refractivity contribution in [1.29, 1.82) is 0 Å². The van der Waals surface area contributed by atoms with E-state index in [1.54, 1.807) is 17.9 Å². The Balaban J connectivity index is 2.53. The predicted molar refractivity (Wildman–Crippen MR) is 71.8 cm³/mol. The Kier molecular flexibility index (Phi) is 3.85. The van der Waals surface area contributed by atoms with Crippen LogP contribution in [-0.2, 0) is 7.05 Å². The second kappa shape index (κ2) is 5.40. The van der Waals surface area contributed by atoms with Gasteiger partial charge in [-0.3, -0.25) is 4.68 Å². The Morgan fingerprint density at radius 3 is 2.68 bits per heavy atom. The van der Waals surface area contributed by atoms with Crippen molar-refractivity contribution in [3.63, 3.8) is 0 Å². The molecule has 0 bridgehead atoms. The molecule has 1 unspecified atom stereocenters. The van der Waals surface area contributed by atoms with Crippen LogP contribution in [0.25, 0.3) is 0 Å².